The SMILES string of the molecule is O=C1c2ccccc2[C@H]2OCCCCN12. The smallest absolute Gasteiger partial charge is 0.256 e. The zero-order valence-corrected chi connectivity index (χ0v) is 8.48. The predicted molar refractivity (Wildman–Crippen MR) is 55.4 cm³/mol. The van der Waals surface area contributed by atoms with Crippen molar-refractivity contribution < 1.29 is 9.53 Å². The van der Waals surface area contributed by atoms with Crippen LogP contribution in [0.3, 0.4) is 0 Å². The number of carbonyl (C=O) groups excluding carboxylic acids is 1. The Balaban J connectivity index is 2.06. The van der Waals surface area contributed by atoms with Gasteiger partial charge in [0.1, 0.15) is 0 Å². The minimum Gasteiger partial charge on any atom is -0.354 e. The number of fused-ring (bicyclic) bond motifs is 3. The Morgan fingerprint density at radius 2 is 2.13 bits per heavy atom. The van der Waals surface area contributed by atoms with E-state index in [1.807, 2.05) is 29.2 Å². The van der Waals surface area contributed by atoms with E-state index >= 15 is 0 Å². The van der Waals surface area contributed by atoms with Gasteiger partial charge in [0, 0.05) is 24.3 Å². The Morgan fingerprint density at radius 3 is 3.07 bits per heavy atom. The average molecular weight is 203 g/mol. The van der Waals surface area contributed by atoms with E-state index in [1.54, 1.807) is 0 Å². The van der Waals surface area contributed by atoms with Gasteiger partial charge < -0.3 is 9.64 Å². The molecule has 0 aromatic heterocycles. The van der Waals surface area contributed by atoms with Crippen LogP contribution in [-0.2, 0) is 4.74 Å². The van der Waals surface area contributed by atoms with Crippen molar-refractivity contribution in [2.45, 2.75) is 19.1 Å². The van der Waals surface area contributed by atoms with Gasteiger partial charge in [0.15, 0.2) is 6.23 Å². The number of hydrogen-bond donors (Lipinski definition) is 0. The third kappa shape index (κ3) is 1.27. The fraction of sp³-hybridized carbons (Fsp3) is 0.417. The number of carbonyl (C=O) groups is 1. The third-order valence-corrected chi connectivity index (χ3v) is 3.07. The van der Waals surface area contributed by atoms with Gasteiger partial charge in [0.25, 0.3) is 5.91 Å². The molecule has 2 aliphatic heterocycles. The van der Waals surface area contributed by atoms with Crippen LogP contribution in [0.4, 0.5) is 0 Å². The second-order valence-corrected chi connectivity index (χ2v) is 4.02. The van der Waals surface area contributed by atoms with Crippen LogP contribution < -0.4 is 0 Å². The molecule has 0 saturated carbocycles. The first kappa shape index (κ1) is 8.92. The van der Waals surface area contributed by atoms with Gasteiger partial charge in [-0.1, -0.05) is 18.2 Å². The van der Waals surface area contributed by atoms with Gasteiger partial charge in [-0.25, -0.2) is 0 Å². The molecule has 3 rings (SSSR count). The van der Waals surface area contributed by atoms with E-state index in [0.717, 1.165) is 37.1 Å². The third-order valence-electron chi connectivity index (χ3n) is 3.07. The maximum absolute atomic E-state index is 12.0. The van der Waals surface area contributed by atoms with Crippen molar-refractivity contribution in [1.82, 2.24) is 4.90 Å². The fourth-order valence-electron chi connectivity index (χ4n) is 2.31. The zero-order chi connectivity index (χ0) is 10.3. The molecule has 0 radical (unpaired) electrons. The molecule has 1 saturated heterocycles. The Bertz CT molecular complexity index is 402. The Kier molecular flexibility index (Phi) is 1.99. The lowest BCUT2D eigenvalue weighted by Crippen LogP contribution is -2.28. The van der Waals surface area contributed by atoms with Crippen molar-refractivity contribution in [3.8, 4) is 0 Å². The molecule has 0 unspecified atom stereocenters. The van der Waals surface area contributed by atoms with Crippen molar-refractivity contribution in [2.75, 3.05) is 13.2 Å². The normalized spacial score (nSPS) is 24.7. The molecule has 1 amide bonds. The van der Waals surface area contributed by atoms with E-state index in [0.29, 0.717) is 0 Å². The molecule has 0 bridgehead atoms. The highest BCUT2D eigenvalue weighted by Crippen LogP contribution is 2.35. The summed E-state index contributed by atoms with van der Waals surface area (Å²) in [6, 6.07) is 7.74. The Labute approximate surface area is 88.6 Å². The first-order valence-corrected chi connectivity index (χ1v) is 5.39. The molecule has 3 nitrogen and oxygen atoms in total. The molecular formula is C12H13NO2. The van der Waals surface area contributed by atoms with Crippen LogP contribution in [0.2, 0.25) is 0 Å². The van der Waals surface area contributed by atoms with Crippen molar-refractivity contribution in [1.29, 1.82) is 0 Å². The van der Waals surface area contributed by atoms with Crippen LogP contribution in [0, 0.1) is 0 Å². The van der Waals surface area contributed by atoms with Crippen molar-refractivity contribution >= 4 is 5.91 Å². The lowest BCUT2D eigenvalue weighted by atomic mass is 10.1. The second kappa shape index (κ2) is 3.35. The second-order valence-electron chi connectivity index (χ2n) is 4.02. The van der Waals surface area contributed by atoms with Crippen molar-refractivity contribution in [3.05, 3.63) is 35.4 Å². The average Bonchev–Trinajstić information content (AvgIpc) is 2.48. The van der Waals surface area contributed by atoms with Crippen LogP contribution in [0.25, 0.3) is 0 Å². The van der Waals surface area contributed by atoms with E-state index in [-0.39, 0.29) is 12.1 Å². The molecule has 1 aromatic rings. The standard InChI is InChI=1S/C12H13NO2/c14-11-9-5-1-2-6-10(9)12-13(11)7-3-4-8-15-12/h1-2,5-6,12H,3-4,7-8H2/t12-/m1/s1. The van der Waals surface area contributed by atoms with Crippen LogP contribution in [0.1, 0.15) is 35.0 Å². The van der Waals surface area contributed by atoms with Gasteiger partial charge in [0.2, 0.25) is 0 Å². The molecule has 78 valence electrons. The molecule has 0 N–H and O–H groups in total. The quantitative estimate of drug-likeness (QED) is 0.645. The number of hydrogen-bond acceptors (Lipinski definition) is 2. The molecule has 0 spiro atoms. The highest BCUT2D eigenvalue weighted by molar-refractivity contribution is 5.98. The molecule has 1 aromatic carbocycles. The summed E-state index contributed by atoms with van der Waals surface area (Å²) < 4.78 is 5.73. The summed E-state index contributed by atoms with van der Waals surface area (Å²) in [6.07, 6.45) is 1.95. The number of benzene rings is 1. The lowest BCUT2D eigenvalue weighted by Gasteiger charge is -2.21. The van der Waals surface area contributed by atoms with Gasteiger partial charge in [-0.15, -0.1) is 0 Å². The molecule has 2 heterocycles. The van der Waals surface area contributed by atoms with E-state index < -0.39 is 0 Å². The number of rotatable bonds is 0. The number of amides is 1. The first-order valence-electron chi connectivity index (χ1n) is 5.39. The maximum Gasteiger partial charge on any atom is 0.256 e. The molecule has 1 atom stereocenters. The minimum atomic E-state index is -0.129. The largest absolute Gasteiger partial charge is 0.354 e. The molecule has 3 heteroatoms. The van der Waals surface area contributed by atoms with Gasteiger partial charge in [-0.05, 0) is 18.9 Å². The predicted octanol–water partition coefficient (Wildman–Crippen LogP) is 1.95. The fourth-order valence-corrected chi connectivity index (χ4v) is 2.31. The van der Waals surface area contributed by atoms with Gasteiger partial charge in [-0.3, -0.25) is 4.79 Å². The number of nitrogens with zero attached hydrogens (tertiary/aromatic N) is 1. The maximum atomic E-state index is 12.0. The zero-order valence-electron chi connectivity index (χ0n) is 8.48. The highest BCUT2D eigenvalue weighted by atomic mass is 16.5. The van der Waals surface area contributed by atoms with Crippen LogP contribution in [-0.4, -0.2) is 24.0 Å². The van der Waals surface area contributed by atoms with Gasteiger partial charge in [-0.2, -0.15) is 0 Å². The Morgan fingerprint density at radius 1 is 1.27 bits per heavy atom. The molecule has 0 aliphatic carbocycles. The molecule has 15 heavy (non-hydrogen) atoms. The minimum absolute atomic E-state index is 0.123. The molecule has 1 fully saturated rings. The monoisotopic (exact) mass is 203 g/mol. The summed E-state index contributed by atoms with van der Waals surface area (Å²) >= 11 is 0. The van der Waals surface area contributed by atoms with E-state index in [9.17, 15) is 4.79 Å². The number of ether oxygens (including phenoxy) is 1. The molecular weight excluding hydrogens is 190 g/mol. The lowest BCUT2D eigenvalue weighted by molar-refractivity contribution is -0.0239. The summed E-state index contributed by atoms with van der Waals surface area (Å²) in [5, 5.41) is 0. The molecule has 2 aliphatic rings. The summed E-state index contributed by atoms with van der Waals surface area (Å²) in [7, 11) is 0. The summed E-state index contributed by atoms with van der Waals surface area (Å²) in [6.45, 7) is 1.57. The first-order chi connectivity index (χ1) is 7.38. The highest BCUT2D eigenvalue weighted by Gasteiger charge is 2.37. The topological polar surface area (TPSA) is 29.5 Å². The van der Waals surface area contributed by atoms with E-state index in [2.05, 4.69) is 0 Å². The van der Waals surface area contributed by atoms with E-state index in [1.165, 1.54) is 0 Å². The van der Waals surface area contributed by atoms with Crippen LogP contribution in [0.5, 0.6) is 0 Å². The van der Waals surface area contributed by atoms with Crippen molar-refractivity contribution in [3.63, 3.8) is 0 Å². The summed E-state index contributed by atoms with van der Waals surface area (Å²) in [4.78, 5) is 13.9. The van der Waals surface area contributed by atoms with Crippen LogP contribution >= 0.6 is 0 Å². The van der Waals surface area contributed by atoms with Crippen molar-refractivity contribution in [2.24, 2.45) is 0 Å². The van der Waals surface area contributed by atoms with E-state index in [4.69, 9.17) is 4.74 Å². The van der Waals surface area contributed by atoms with Crippen LogP contribution in [0.15, 0.2) is 24.3 Å². The summed E-state index contributed by atoms with van der Waals surface area (Å²) in [5.41, 5.74) is 1.84. The Hall–Kier alpha value is -1.35. The van der Waals surface area contributed by atoms with Gasteiger partial charge >= 0.3 is 0 Å². The van der Waals surface area contributed by atoms with Gasteiger partial charge in [0.05, 0.1) is 0 Å². The summed E-state index contributed by atoms with van der Waals surface area (Å²) in [5.74, 6) is 0.123.